The highest BCUT2D eigenvalue weighted by atomic mass is 35.5. The first kappa shape index (κ1) is 22.0. The summed E-state index contributed by atoms with van der Waals surface area (Å²) in [6.45, 7) is 6.57. The number of piperazine rings is 1. The summed E-state index contributed by atoms with van der Waals surface area (Å²) in [5.41, 5.74) is 2.86. The maximum atomic E-state index is 12.8. The van der Waals surface area contributed by atoms with Crippen LogP contribution < -0.4 is 15.8 Å². The van der Waals surface area contributed by atoms with Crippen LogP contribution in [0.1, 0.15) is 12.5 Å². The van der Waals surface area contributed by atoms with Crippen LogP contribution in [0.3, 0.4) is 0 Å². The van der Waals surface area contributed by atoms with E-state index in [1.807, 2.05) is 73.3 Å². The standard InChI is InChI=1S/C24H26ClN5O2/c1-17-7-6-8-19(15-17)27-23(31)18(2)28-11-13-29(14-12-28)21-16-26-30(24(32)22(21)25)20-9-4-3-5-10-20/h3-10,15-16,18H,11-14H2,1-2H3,(H,27,31). The van der Waals surface area contributed by atoms with Gasteiger partial charge < -0.3 is 10.2 Å². The minimum atomic E-state index is -0.344. The first-order chi connectivity index (χ1) is 15.4. The predicted octanol–water partition coefficient (Wildman–Crippen LogP) is 3.34. The lowest BCUT2D eigenvalue weighted by molar-refractivity contribution is -0.120. The minimum Gasteiger partial charge on any atom is -0.366 e. The minimum absolute atomic E-state index is 0.0331. The zero-order chi connectivity index (χ0) is 22.7. The number of para-hydroxylation sites is 1. The van der Waals surface area contributed by atoms with Crippen LogP contribution in [0, 0.1) is 6.92 Å². The summed E-state index contributed by atoms with van der Waals surface area (Å²) in [6.07, 6.45) is 1.64. The van der Waals surface area contributed by atoms with Crippen LogP contribution >= 0.6 is 11.6 Å². The molecule has 2 aromatic carbocycles. The van der Waals surface area contributed by atoms with Crippen molar-refractivity contribution in [2.75, 3.05) is 36.4 Å². The lowest BCUT2D eigenvalue weighted by Crippen LogP contribution is -2.53. The molecule has 0 radical (unpaired) electrons. The molecule has 1 aliphatic rings. The van der Waals surface area contributed by atoms with Gasteiger partial charge in [0.25, 0.3) is 5.56 Å². The maximum absolute atomic E-state index is 12.8. The van der Waals surface area contributed by atoms with Crippen LogP contribution in [0.15, 0.2) is 65.6 Å². The van der Waals surface area contributed by atoms with Gasteiger partial charge in [0.2, 0.25) is 5.91 Å². The van der Waals surface area contributed by atoms with E-state index in [0.717, 1.165) is 11.3 Å². The molecule has 1 saturated heterocycles. The Morgan fingerprint density at radius 2 is 1.78 bits per heavy atom. The number of amides is 1. The molecule has 1 aromatic heterocycles. The van der Waals surface area contributed by atoms with E-state index in [4.69, 9.17) is 11.6 Å². The second kappa shape index (κ2) is 9.54. The number of nitrogens with one attached hydrogen (secondary N) is 1. The highest BCUT2D eigenvalue weighted by Crippen LogP contribution is 2.23. The molecule has 4 rings (SSSR count). The summed E-state index contributed by atoms with van der Waals surface area (Å²) in [6, 6.07) is 16.7. The van der Waals surface area contributed by atoms with Crippen molar-refractivity contribution in [1.82, 2.24) is 14.7 Å². The fraction of sp³-hybridized carbons (Fsp3) is 0.292. The molecule has 0 saturated carbocycles. The lowest BCUT2D eigenvalue weighted by Gasteiger charge is -2.38. The van der Waals surface area contributed by atoms with Gasteiger partial charge in [-0.3, -0.25) is 14.5 Å². The Morgan fingerprint density at radius 3 is 2.47 bits per heavy atom. The number of anilines is 2. The number of hydrogen-bond acceptors (Lipinski definition) is 5. The second-order valence-corrected chi connectivity index (χ2v) is 8.33. The van der Waals surface area contributed by atoms with E-state index < -0.39 is 0 Å². The molecule has 3 aromatic rings. The first-order valence-corrected chi connectivity index (χ1v) is 11.0. The summed E-state index contributed by atoms with van der Waals surface area (Å²) in [4.78, 5) is 29.7. The number of aromatic nitrogens is 2. The Morgan fingerprint density at radius 1 is 1.06 bits per heavy atom. The van der Waals surface area contributed by atoms with Crippen LogP contribution in [-0.4, -0.2) is 52.8 Å². The number of carbonyl (C=O) groups excluding carboxylic acids is 1. The second-order valence-electron chi connectivity index (χ2n) is 7.95. The third-order valence-electron chi connectivity index (χ3n) is 5.77. The first-order valence-electron chi connectivity index (χ1n) is 10.6. The third kappa shape index (κ3) is 4.69. The van der Waals surface area contributed by atoms with Gasteiger partial charge in [-0.05, 0) is 43.7 Å². The van der Waals surface area contributed by atoms with Crippen molar-refractivity contribution in [2.45, 2.75) is 19.9 Å². The van der Waals surface area contributed by atoms with Gasteiger partial charge in [0.05, 0.1) is 23.6 Å². The molecule has 32 heavy (non-hydrogen) atoms. The summed E-state index contributed by atoms with van der Waals surface area (Å²) in [5.74, 6) is -0.0331. The fourth-order valence-corrected chi connectivity index (χ4v) is 4.13. The van der Waals surface area contributed by atoms with Crippen LogP contribution in [0.4, 0.5) is 11.4 Å². The van der Waals surface area contributed by atoms with E-state index in [0.29, 0.717) is 37.6 Å². The molecule has 0 bridgehead atoms. The average molecular weight is 452 g/mol. The summed E-state index contributed by atoms with van der Waals surface area (Å²) >= 11 is 6.44. The zero-order valence-corrected chi connectivity index (χ0v) is 18.9. The number of carbonyl (C=O) groups is 1. The SMILES string of the molecule is Cc1cccc(NC(=O)C(C)N2CCN(c3cnn(-c4ccccc4)c(=O)c3Cl)CC2)c1. The van der Waals surface area contributed by atoms with Gasteiger partial charge in [0.1, 0.15) is 5.02 Å². The third-order valence-corrected chi connectivity index (χ3v) is 6.12. The van der Waals surface area contributed by atoms with Crippen LogP contribution in [0.2, 0.25) is 5.02 Å². The van der Waals surface area contributed by atoms with E-state index in [1.54, 1.807) is 6.20 Å². The Kier molecular flexibility index (Phi) is 6.58. The van der Waals surface area contributed by atoms with E-state index in [-0.39, 0.29) is 22.5 Å². The number of rotatable bonds is 5. The molecule has 2 heterocycles. The van der Waals surface area contributed by atoms with E-state index in [1.165, 1.54) is 4.68 Å². The highest BCUT2D eigenvalue weighted by Gasteiger charge is 2.27. The monoisotopic (exact) mass is 451 g/mol. The van der Waals surface area contributed by atoms with Crippen molar-refractivity contribution >= 4 is 28.9 Å². The summed E-state index contributed by atoms with van der Waals surface area (Å²) < 4.78 is 1.31. The van der Waals surface area contributed by atoms with Gasteiger partial charge in [0, 0.05) is 31.9 Å². The number of aryl methyl sites for hydroxylation is 1. The van der Waals surface area contributed by atoms with E-state index in [9.17, 15) is 9.59 Å². The largest absolute Gasteiger partial charge is 0.366 e. The number of nitrogens with zero attached hydrogens (tertiary/aromatic N) is 4. The summed E-state index contributed by atoms with van der Waals surface area (Å²) in [5, 5.41) is 7.47. The molecular formula is C24H26ClN5O2. The van der Waals surface area contributed by atoms with Crippen LogP contribution in [0.5, 0.6) is 0 Å². The molecule has 1 atom stereocenters. The molecule has 7 nitrogen and oxygen atoms in total. The van der Waals surface area contributed by atoms with Crippen molar-refractivity contribution in [3.8, 4) is 5.69 Å². The Labute approximate surface area is 192 Å². The number of hydrogen-bond donors (Lipinski definition) is 1. The molecule has 0 aliphatic carbocycles. The normalized spacial score (nSPS) is 15.4. The Bertz CT molecular complexity index is 1160. The maximum Gasteiger partial charge on any atom is 0.292 e. The smallest absolute Gasteiger partial charge is 0.292 e. The van der Waals surface area contributed by atoms with Crippen molar-refractivity contribution in [3.63, 3.8) is 0 Å². The molecule has 166 valence electrons. The molecule has 1 amide bonds. The lowest BCUT2D eigenvalue weighted by atomic mass is 10.2. The number of benzene rings is 2. The van der Waals surface area contributed by atoms with Gasteiger partial charge in [-0.1, -0.05) is 41.9 Å². The molecule has 1 N–H and O–H groups in total. The van der Waals surface area contributed by atoms with Gasteiger partial charge in [0.15, 0.2) is 0 Å². The van der Waals surface area contributed by atoms with Crippen LogP contribution in [0.25, 0.3) is 5.69 Å². The van der Waals surface area contributed by atoms with Crippen molar-refractivity contribution < 1.29 is 4.79 Å². The topological polar surface area (TPSA) is 70.5 Å². The van der Waals surface area contributed by atoms with Gasteiger partial charge in [-0.15, -0.1) is 0 Å². The van der Waals surface area contributed by atoms with Crippen molar-refractivity contribution in [2.24, 2.45) is 0 Å². The predicted molar refractivity (Wildman–Crippen MR) is 128 cm³/mol. The molecular weight excluding hydrogens is 426 g/mol. The molecule has 1 unspecified atom stereocenters. The molecule has 8 heteroatoms. The van der Waals surface area contributed by atoms with Gasteiger partial charge in [-0.2, -0.15) is 9.78 Å². The van der Waals surface area contributed by atoms with Gasteiger partial charge in [-0.25, -0.2) is 0 Å². The average Bonchev–Trinajstić information content (AvgIpc) is 2.81. The molecule has 1 aliphatic heterocycles. The van der Waals surface area contributed by atoms with E-state index in [2.05, 4.69) is 15.3 Å². The van der Waals surface area contributed by atoms with E-state index >= 15 is 0 Å². The van der Waals surface area contributed by atoms with Crippen LogP contribution in [-0.2, 0) is 4.79 Å². The number of halogens is 1. The van der Waals surface area contributed by atoms with Gasteiger partial charge >= 0.3 is 0 Å². The quantitative estimate of drug-likeness (QED) is 0.644. The molecule has 1 fully saturated rings. The fourth-order valence-electron chi connectivity index (χ4n) is 3.88. The Hall–Kier alpha value is -3.16. The zero-order valence-electron chi connectivity index (χ0n) is 18.2. The Balaban J connectivity index is 1.41. The summed E-state index contributed by atoms with van der Waals surface area (Å²) in [7, 11) is 0. The molecule has 0 spiro atoms. The highest BCUT2D eigenvalue weighted by molar-refractivity contribution is 6.33. The van der Waals surface area contributed by atoms with Crippen molar-refractivity contribution in [1.29, 1.82) is 0 Å². The van der Waals surface area contributed by atoms with Crippen molar-refractivity contribution in [3.05, 3.63) is 81.7 Å².